The summed E-state index contributed by atoms with van der Waals surface area (Å²) >= 11 is 1.35. The maximum absolute atomic E-state index is 12.3. The zero-order valence-electron chi connectivity index (χ0n) is 13.1. The molecule has 0 aliphatic heterocycles. The molecule has 0 saturated heterocycles. The van der Waals surface area contributed by atoms with Gasteiger partial charge in [-0.25, -0.2) is 9.78 Å². The van der Waals surface area contributed by atoms with Crippen LogP contribution in [-0.4, -0.2) is 30.1 Å². The average molecular weight is 336 g/mol. The van der Waals surface area contributed by atoms with Crippen LogP contribution in [0, 0.1) is 0 Å². The van der Waals surface area contributed by atoms with E-state index in [9.17, 15) is 9.59 Å². The van der Waals surface area contributed by atoms with Crippen LogP contribution in [0.3, 0.4) is 0 Å². The molecule has 8 heteroatoms. The van der Waals surface area contributed by atoms with Crippen molar-refractivity contribution in [1.29, 1.82) is 0 Å². The quantitative estimate of drug-likeness (QED) is 0.722. The molecule has 0 fully saturated rings. The molecule has 1 heterocycles. The molecule has 0 saturated carbocycles. The summed E-state index contributed by atoms with van der Waals surface area (Å²) in [5.41, 5.74) is 5.83. The third-order valence-corrected chi connectivity index (χ3v) is 4.25. The van der Waals surface area contributed by atoms with Gasteiger partial charge in [-0.3, -0.25) is 4.79 Å². The van der Waals surface area contributed by atoms with Crippen molar-refractivity contribution in [2.24, 2.45) is 5.73 Å². The largest absolute Gasteiger partial charge is 0.494 e. The molecule has 7 nitrogen and oxygen atoms in total. The molecule has 0 aliphatic carbocycles. The lowest BCUT2D eigenvalue weighted by atomic mass is 10.1. The molecule has 4 N–H and O–H groups in total. The Labute approximate surface area is 138 Å². The Kier molecular flexibility index (Phi) is 5.75. The average Bonchev–Trinajstić information content (AvgIpc) is 2.93. The number of rotatable bonds is 7. The SMILES string of the molecule is CCCC[C@@H](NC(N)=O)C(=O)Nc1nc2c(OC)cccc2s1. The van der Waals surface area contributed by atoms with Crippen LogP contribution >= 0.6 is 11.3 Å². The van der Waals surface area contributed by atoms with Gasteiger partial charge < -0.3 is 21.1 Å². The fraction of sp³-hybridized carbons (Fsp3) is 0.400. The van der Waals surface area contributed by atoms with Crippen LogP contribution in [0.5, 0.6) is 5.75 Å². The summed E-state index contributed by atoms with van der Waals surface area (Å²) < 4.78 is 6.17. The predicted octanol–water partition coefficient (Wildman–Crippen LogP) is 2.47. The Bertz CT molecular complexity index is 701. The standard InChI is InChI=1S/C15H20N4O3S/c1-3-4-6-9(17-14(16)21)13(20)19-15-18-12-10(22-2)7-5-8-11(12)23-15/h5,7-9H,3-4,6H2,1-2H3,(H3,16,17,21)(H,18,19,20)/t9-/m1/s1. The van der Waals surface area contributed by atoms with Crippen molar-refractivity contribution >= 4 is 38.6 Å². The topological polar surface area (TPSA) is 106 Å². The van der Waals surface area contributed by atoms with Gasteiger partial charge in [-0.05, 0) is 18.6 Å². The first kappa shape index (κ1) is 17.0. The number of aromatic nitrogens is 1. The number of carbonyl (C=O) groups is 2. The van der Waals surface area contributed by atoms with Gasteiger partial charge in [-0.15, -0.1) is 0 Å². The number of nitrogens with one attached hydrogen (secondary N) is 2. The second-order valence-corrected chi connectivity index (χ2v) is 6.05. The Morgan fingerprint density at radius 2 is 2.22 bits per heavy atom. The van der Waals surface area contributed by atoms with Crippen LogP contribution in [0.15, 0.2) is 18.2 Å². The number of ether oxygens (including phenoxy) is 1. The van der Waals surface area contributed by atoms with E-state index in [1.165, 1.54) is 11.3 Å². The van der Waals surface area contributed by atoms with Gasteiger partial charge in [-0.1, -0.05) is 37.2 Å². The van der Waals surface area contributed by atoms with E-state index in [0.29, 0.717) is 22.8 Å². The number of hydrogen-bond acceptors (Lipinski definition) is 5. The number of methoxy groups -OCH3 is 1. The van der Waals surface area contributed by atoms with E-state index in [2.05, 4.69) is 15.6 Å². The predicted molar refractivity (Wildman–Crippen MR) is 90.8 cm³/mol. The fourth-order valence-corrected chi connectivity index (χ4v) is 3.07. The first-order chi connectivity index (χ1) is 11.0. The molecule has 0 radical (unpaired) electrons. The summed E-state index contributed by atoms with van der Waals surface area (Å²) in [6.07, 6.45) is 2.26. The minimum Gasteiger partial charge on any atom is -0.494 e. The van der Waals surface area contributed by atoms with Crippen molar-refractivity contribution in [3.05, 3.63) is 18.2 Å². The summed E-state index contributed by atoms with van der Waals surface area (Å²) in [6, 6.07) is 4.20. The lowest BCUT2D eigenvalue weighted by molar-refractivity contribution is -0.118. The molecule has 0 aliphatic rings. The molecular formula is C15H20N4O3S. The minimum atomic E-state index is -0.716. The highest BCUT2D eigenvalue weighted by Gasteiger charge is 2.21. The highest BCUT2D eigenvalue weighted by Crippen LogP contribution is 2.32. The molecule has 2 aromatic rings. The third kappa shape index (κ3) is 4.32. The fourth-order valence-electron chi connectivity index (χ4n) is 2.18. The minimum absolute atomic E-state index is 0.324. The molecule has 1 aromatic carbocycles. The van der Waals surface area contributed by atoms with Crippen molar-refractivity contribution < 1.29 is 14.3 Å². The number of unbranched alkanes of at least 4 members (excludes halogenated alkanes) is 1. The molecule has 124 valence electrons. The first-order valence-electron chi connectivity index (χ1n) is 7.35. The van der Waals surface area contributed by atoms with Crippen molar-refractivity contribution in [2.75, 3.05) is 12.4 Å². The van der Waals surface area contributed by atoms with E-state index in [-0.39, 0.29) is 5.91 Å². The normalized spacial score (nSPS) is 11.9. The molecule has 1 atom stereocenters. The van der Waals surface area contributed by atoms with Gasteiger partial charge in [0, 0.05) is 0 Å². The summed E-state index contributed by atoms with van der Waals surface area (Å²) in [5.74, 6) is 0.326. The molecule has 1 aromatic heterocycles. The van der Waals surface area contributed by atoms with Gasteiger partial charge in [0.1, 0.15) is 17.3 Å². The third-order valence-electron chi connectivity index (χ3n) is 3.31. The van der Waals surface area contributed by atoms with Gasteiger partial charge in [0.25, 0.3) is 0 Å². The van der Waals surface area contributed by atoms with Gasteiger partial charge in [0.05, 0.1) is 11.8 Å². The number of hydrogen-bond donors (Lipinski definition) is 3. The smallest absolute Gasteiger partial charge is 0.312 e. The summed E-state index contributed by atoms with van der Waals surface area (Å²) in [6.45, 7) is 2.01. The lowest BCUT2D eigenvalue weighted by Crippen LogP contribution is -2.46. The molecule has 0 bridgehead atoms. The second kappa shape index (κ2) is 7.77. The van der Waals surface area contributed by atoms with Crippen LogP contribution in [0.1, 0.15) is 26.2 Å². The molecule has 0 unspecified atom stereocenters. The van der Waals surface area contributed by atoms with E-state index in [0.717, 1.165) is 17.5 Å². The number of primary amides is 1. The summed E-state index contributed by atoms with van der Waals surface area (Å²) in [5, 5.41) is 5.67. The molecule has 3 amide bonds. The maximum Gasteiger partial charge on any atom is 0.312 e. The van der Waals surface area contributed by atoms with E-state index >= 15 is 0 Å². The van der Waals surface area contributed by atoms with Gasteiger partial charge in [-0.2, -0.15) is 0 Å². The number of carbonyl (C=O) groups excluding carboxylic acids is 2. The number of nitrogens with zero attached hydrogens (tertiary/aromatic N) is 1. The summed E-state index contributed by atoms with van der Waals surface area (Å²) in [7, 11) is 1.57. The Hall–Kier alpha value is -2.35. The summed E-state index contributed by atoms with van der Waals surface area (Å²) in [4.78, 5) is 27.8. The Morgan fingerprint density at radius 3 is 2.87 bits per heavy atom. The van der Waals surface area contributed by atoms with E-state index in [1.54, 1.807) is 7.11 Å². The zero-order chi connectivity index (χ0) is 16.8. The number of para-hydroxylation sites is 1. The molecule has 23 heavy (non-hydrogen) atoms. The van der Waals surface area contributed by atoms with Gasteiger partial charge in [0.2, 0.25) is 5.91 Å². The zero-order valence-corrected chi connectivity index (χ0v) is 13.9. The number of benzene rings is 1. The van der Waals surface area contributed by atoms with Crippen molar-refractivity contribution in [2.45, 2.75) is 32.2 Å². The van der Waals surface area contributed by atoms with Crippen molar-refractivity contribution in [3.8, 4) is 5.75 Å². The second-order valence-electron chi connectivity index (χ2n) is 5.02. The molecular weight excluding hydrogens is 316 g/mol. The van der Waals surface area contributed by atoms with Crippen molar-refractivity contribution in [1.82, 2.24) is 10.3 Å². The number of thiazole rings is 1. The van der Waals surface area contributed by atoms with Crippen molar-refractivity contribution in [3.63, 3.8) is 0 Å². The molecule has 0 spiro atoms. The van der Waals surface area contributed by atoms with Gasteiger partial charge in [0.15, 0.2) is 5.13 Å². The number of nitrogens with two attached hydrogens (primary N) is 1. The van der Waals surface area contributed by atoms with Crippen LogP contribution in [0.2, 0.25) is 0 Å². The van der Waals surface area contributed by atoms with E-state index in [4.69, 9.17) is 10.5 Å². The molecule has 2 rings (SSSR count). The number of urea groups is 1. The Balaban J connectivity index is 2.15. The number of fused-ring (bicyclic) bond motifs is 1. The van der Waals surface area contributed by atoms with Crippen LogP contribution in [0.4, 0.5) is 9.93 Å². The van der Waals surface area contributed by atoms with Crippen LogP contribution in [-0.2, 0) is 4.79 Å². The van der Waals surface area contributed by atoms with Gasteiger partial charge >= 0.3 is 6.03 Å². The van der Waals surface area contributed by atoms with Crippen LogP contribution < -0.4 is 21.1 Å². The van der Waals surface area contributed by atoms with E-state index < -0.39 is 12.1 Å². The highest BCUT2D eigenvalue weighted by atomic mass is 32.1. The number of anilines is 1. The first-order valence-corrected chi connectivity index (χ1v) is 8.17. The number of amides is 3. The maximum atomic E-state index is 12.3. The highest BCUT2D eigenvalue weighted by molar-refractivity contribution is 7.22. The van der Waals surface area contributed by atoms with Crippen LogP contribution in [0.25, 0.3) is 10.2 Å². The lowest BCUT2D eigenvalue weighted by Gasteiger charge is -2.15. The van der Waals surface area contributed by atoms with E-state index in [1.807, 2.05) is 25.1 Å². The monoisotopic (exact) mass is 336 g/mol. The Morgan fingerprint density at radius 1 is 1.43 bits per heavy atom.